The van der Waals surface area contributed by atoms with Crippen LogP contribution in [0.5, 0.6) is 11.5 Å². The number of Topliss-reactive ketones (excluding diaryl/α,β-unsaturated/α-hetero) is 1. The van der Waals surface area contributed by atoms with Gasteiger partial charge in [-0.1, -0.05) is 20.8 Å². The maximum atomic E-state index is 13.3. The fourth-order valence-electron chi connectivity index (χ4n) is 11.1. The molecule has 1 saturated heterocycles. The van der Waals surface area contributed by atoms with Crippen molar-refractivity contribution in [2.45, 2.75) is 102 Å². The average molecular weight is 509 g/mol. The zero-order valence-electron chi connectivity index (χ0n) is 22.4. The van der Waals surface area contributed by atoms with E-state index in [4.69, 9.17) is 19.2 Å². The molecule has 200 valence electrons. The van der Waals surface area contributed by atoms with Crippen molar-refractivity contribution in [3.63, 3.8) is 0 Å². The van der Waals surface area contributed by atoms with E-state index in [1.807, 2.05) is 0 Å². The number of aliphatic hydroxyl groups is 1. The van der Waals surface area contributed by atoms with E-state index in [0.29, 0.717) is 43.0 Å². The van der Waals surface area contributed by atoms with Crippen molar-refractivity contribution in [3.8, 4) is 11.5 Å². The Morgan fingerprint density at radius 2 is 1.81 bits per heavy atom. The molecule has 0 amide bonds. The minimum atomic E-state index is -0.814. The summed E-state index contributed by atoms with van der Waals surface area (Å²) >= 11 is 0. The second-order valence-corrected chi connectivity index (χ2v) is 14.8. The largest absolute Gasteiger partial charge is 0.454 e. The van der Waals surface area contributed by atoms with Crippen LogP contribution in [0.1, 0.15) is 95.6 Å². The molecule has 0 aromatic heterocycles. The van der Waals surface area contributed by atoms with Gasteiger partial charge < -0.3 is 14.6 Å². The normalized spacial score (nSPS) is 48.7. The van der Waals surface area contributed by atoms with Crippen LogP contribution in [-0.2, 0) is 21.0 Å². The summed E-state index contributed by atoms with van der Waals surface area (Å²) in [5.41, 5.74) is 0.948. The van der Waals surface area contributed by atoms with Crippen molar-refractivity contribution in [2.75, 3.05) is 13.4 Å². The summed E-state index contributed by atoms with van der Waals surface area (Å²) in [4.78, 5) is 25.2. The first kappa shape index (κ1) is 23.3. The van der Waals surface area contributed by atoms with Gasteiger partial charge in [0.15, 0.2) is 11.5 Å². The van der Waals surface area contributed by atoms with Crippen LogP contribution in [0.2, 0.25) is 0 Å². The van der Waals surface area contributed by atoms with Crippen LogP contribution in [-0.4, -0.2) is 35.5 Å². The van der Waals surface area contributed by atoms with Crippen LogP contribution in [0, 0.1) is 34.0 Å². The van der Waals surface area contributed by atoms with Crippen molar-refractivity contribution in [1.82, 2.24) is 0 Å². The molecule has 1 aromatic carbocycles. The lowest BCUT2D eigenvalue weighted by molar-refractivity contribution is -0.425. The Bertz CT molecular complexity index is 1190. The summed E-state index contributed by atoms with van der Waals surface area (Å²) in [5, 5.41) is 12.8. The highest BCUT2D eigenvalue weighted by Gasteiger charge is 2.72. The summed E-state index contributed by atoms with van der Waals surface area (Å²) in [6.45, 7) is 7.61. The molecule has 2 spiro atoms. The summed E-state index contributed by atoms with van der Waals surface area (Å²) in [6.07, 6.45) is 8.67. The second-order valence-electron chi connectivity index (χ2n) is 14.8. The van der Waals surface area contributed by atoms with Crippen LogP contribution in [0.3, 0.4) is 0 Å². The Labute approximate surface area is 219 Å². The second kappa shape index (κ2) is 7.11. The van der Waals surface area contributed by atoms with Gasteiger partial charge in [-0.25, -0.2) is 9.78 Å². The number of carbonyl (C=O) groups is 1. The molecule has 6 heteroatoms. The third-order valence-electron chi connectivity index (χ3n) is 12.3. The lowest BCUT2D eigenvalue weighted by atomic mass is 9.36. The van der Waals surface area contributed by atoms with Gasteiger partial charge in [0.2, 0.25) is 6.79 Å². The monoisotopic (exact) mass is 508 g/mol. The molecule has 8 rings (SSSR count). The number of hydrogen-bond acceptors (Lipinski definition) is 6. The molecule has 2 aliphatic heterocycles. The molecule has 2 heterocycles. The van der Waals surface area contributed by atoms with Gasteiger partial charge in [0.25, 0.3) is 0 Å². The van der Waals surface area contributed by atoms with E-state index < -0.39 is 11.2 Å². The van der Waals surface area contributed by atoms with Crippen LogP contribution in [0.4, 0.5) is 0 Å². The number of ether oxygens (including phenoxy) is 2. The lowest BCUT2D eigenvalue weighted by Gasteiger charge is -2.70. The van der Waals surface area contributed by atoms with Crippen molar-refractivity contribution in [2.24, 2.45) is 34.0 Å². The fourth-order valence-corrected chi connectivity index (χ4v) is 11.1. The van der Waals surface area contributed by atoms with Gasteiger partial charge in [0.1, 0.15) is 11.4 Å². The standard InChI is InChI=1S/C31H40O6/c1-27(2)14-29(37-36-16-27)8-9-30-12-18-10-23-24(35-17-34-23)11-20(18)21-13-28(3)22(4-5-25(28)32)19(26(21)30)6-7-31(30,33)15-29/h10-11,19,21-22,26,33H,4-9,12-17H2,1-3H3/t19-,21+,22-,26+,28-,29?,30-,31+/m0/s1. The molecule has 5 aliphatic carbocycles. The Morgan fingerprint density at radius 1 is 1.00 bits per heavy atom. The molecule has 1 N–H and O–H groups in total. The van der Waals surface area contributed by atoms with Crippen LogP contribution in [0.15, 0.2) is 12.1 Å². The Kier molecular flexibility index (Phi) is 4.47. The summed E-state index contributed by atoms with van der Waals surface area (Å²) < 4.78 is 11.6. The first-order valence-corrected chi connectivity index (χ1v) is 14.6. The third-order valence-corrected chi connectivity index (χ3v) is 12.3. The quantitative estimate of drug-likeness (QED) is 0.467. The molecule has 8 atom stereocenters. The van der Waals surface area contributed by atoms with E-state index in [2.05, 4.69) is 32.9 Å². The number of fused-ring (bicyclic) bond motifs is 5. The van der Waals surface area contributed by atoms with Gasteiger partial charge in [-0.3, -0.25) is 4.79 Å². The lowest BCUT2D eigenvalue weighted by Crippen LogP contribution is -2.70. The van der Waals surface area contributed by atoms with Gasteiger partial charge in [-0.05, 0) is 104 Å². The topological polar surface area (TPSA) is 74.2 Å². The minimum Gasteiger partial charge on any atom is -0.454 e. The Hall–Kier alpha value is -1.63. The van der Waals surface area contributed by atoms with E-state index in [0.717, 1.165) is 62.9 Å². The molecule has 6 nitrogen and oxygen atoms in total. The first-order chi connectivity index (χ1) is 17.6. The maximum Gasteiger partial charge on any atom is 0.231 e. The van der Waals surface area contributed by atoms with Crippen molar-refractivity contribution >= 4 is 5.78 Å². The van der Waals surface area contributed by atoms with Gasteiger partial charge in [0.05, 0.1) is 12.2 Å². The Balaban J connectivity index is 1.28. The van der Waals surface area contributed by atoms with E-state index in [1.165, 1.54) is 11.1 Å². The number of hydrogen-bond donors (Lipinski definition) is 1. The van der Waals surface area contributed by atoms with E-state index in [9.17, 15) is 9.90 Å². The minimum absolute atomic E-state index is 0.0345. The van der Waals surface area contributed by atoms with Gasteiger partial charge in [-0.2, -0.15) is 0 Å². The number of ketones is 1. The number of carbonyl (C=O) groups excluding carboxylic acids is 1. The molecule has 1 unspecified atom stereocenters. The van der Waals surface area contributed by atoms with Crippen molar-refractivity contribution in [1.29, 1.82) is 0 Å². The molecular weight excluding hydrogens is 468 g/mol. The molecule has 7 aliphatic rings. The molecule has 1 aromatic rings. The SMILES string of the molecule is CC1(C)COOC2(CC[C@@]34Cc5cc6c(cc5[C@H]5C[C@]7(C)C(=O)CC[C@H]7[C@H](CC[C@@]3(O)C2)[C@H]54)OCO6)C1. The van der Waals surface area contributed by atoms with Crippen LogP contribution < -0.4 is 9.47 Å². The number of benzene rings is 1. The summed E-state index contributed by atoms with van der Waals surface area (Å²) in [7, 11) is 0. The first-order valence-electron chi connectivity index (χ1n) is 14.6. The maximum absolute atomic E-state index is 13.3. The molecular formula is C31H40O6. The predicted molar refractivity (Wildman–Crippen MR) is 135 cm³/mol. The van der Waals surface area contributed by atoms with E-state index >= 15 is 0 Å². The van der Waals surface area contributed by atoms with Crippen molar-refractivity contribution < 1.29 is 29.1 Å². The van der Waals surface area contributed by atoms with Crippen LogP contribution in [0.25, 0.3) is 0 Å². The van der Waals surface area contributed by atoms with Crippen LogP contribution >= 0.6 is 0 Å². The van der Waals surface area contributed by atoms with E-state index in [1.54, 1.807) is 0 Å². The number of rotatable bonds is 0. The molecule has 0 radical (unpaired) electrons. The highest BCUT2D eigenvalue weighted by atomic mass is 17.2. The molecule has 4 saturated carbocycles. The highest BCUT2D eigenvalue weighted by Crippen LogP contribution is 2.74. The molecule has 37 heavy (non-hydrogen) atoms. The zero-order valence-corrected chi connectivity index (χ0v) is 22.4. The predicted octanol–water partition coefficient (Wildman–Crippen LogP) is 5.49. The Morgan fingerprint density at radius 3 is 2.62 bits per heavy atom. The van der Waals surface area contributed by atoms with Gasteiger partial charge >= 0.3 is 0 Å². The third kappa shape index (κ3) is 2.90. The molecule has 0 bridgehead atoms. The van der Waals surface area contributed by atoms with Crippen molar-refractivity contribution in [3.05, 3.63) is 23.3 Å². The van der Waals surface area contributed by atoms with E-state index in [-0.39, 0.29) is 29.0 Å². The summed E-state index contributed by atoms with van der Waals surface area (Å²) in [5.74, 6) is 3.64. The summed E-state index contributed by atoms with van der Waals surface area (Å²) in [6, 6.07) is 4.40. The van der Waals surface area contributed by atoms with Gasteiger partial charge in [0, 0.05) is 23.7 Å². The average Bonchev–Trinajstić information content (AvgIpc) is 3.41. The van der Waals surface area contributed by atoms with Gasteiger partial charge in [-0.15, -0.1) is 0 Å². The highest BCUT2D eigenvalue weighted by molar-refractivity contribution is 5.87. The zero-order chi connectivity index (χ0) is 25.4. The smallest absolute Gasteiger partial charge is 0.231 e. The molecule has 5 fully saturated rings. The fraction of sp³-hybridized carbons (Fsp3) is 0.774.